The first-order chi connectivity index (χ1) is 10.8. The Morgan fingerprint density at radius 2 is 2.04 bits per heavy atom. The molecule has 6 heteroatoms. The topological polar surface area (TPSA) is 67.7 Å². The maximum atomic E-state index is 11.9. The third-order valence-electron chi connectivity index (χ3n) is 3.89. The van der Waals surface area contributed by atoms with Crippen molar-refractivity contribution in [3.05, 3.63) is 34.3 Å². The molecular formula is C17H25ClN2O2S. The lowest BCUT2D eigenvalue weighted by molar-refractivity contribution is 0.124. The van der Waals surface area contributed by atoms with Crippen LogP contribution in [-0.2, 0) is 11.4 Å². The number of hydrogen-bond acceptors (Lipinski definition) is 4. The monoisotopic (exact) mass is 356 g/mol. The smallest absolute Gasteiger partial charge is 0.144 e. The minimum atomic E-state index is -1.30. The molecule has 1 aromatic carbocycles. The molecule has 2 N–H and O–H groups in total. The number of nitrogens with one attached hydrogen (secondary N) is 1. The Bertz CT molecular complexity index is 554. The van der Waals surface area contributed by atoms with Crippen molar-refractivity contribution in [1.29, 1.82) is 0 Å². The lowest BCUT2D eigenvalue weighted by Crippen LogP contribution is -2.30. The highest BCUT2D eigenvalue weighted by Gasteiger charge is 2.26. The van der Waals surface area contributed by atoms with Gasteiger partial charge in [0.1, 0.15) is 22.3 Å². The van der Waals surface area contributed by atoms with Gasteiger partial charge in [0.15, 0.2) is 0 Å². The highest BCUT2D eigenvalue weighted by Crippen LogP contribution is 2.26. The predicted octanol–water partition coefficient (Wildman–Crippen LogP) is 3.74. The van der Waals surface area contributed by atoms with Crippen LogP contribution in [0, 0.1) is 0 Å². The summed E-state index contributed by atoms with van der Waals surface area (Å²) in [4.78, 5) is 0. The van der Waals surface area contributed by atoms with E-state index in [0.717, 1.165) is 18.4 Å². The third-order valence-corrected chi connectivity index (χ3v) is 5.56. The van der Waals surface area contributed by atoms with Crippen LogP contribution in [0.3, 0.4) is 0 Å². The molecule has 2 rings (SSSR count). The van der Waals surface area contributed by atoms with Crippen LogP contribution < -0.4 is 5.32 Å². The fraction of sp³-hybridized carbons (Fsp3) is 0.588. The minimum absolute atomic E-state index is 0.358. The molecule has 1 aliphatic rings. The average molecular weight is 357 g/mol. The number of aliphatic hydroxyl groups excluding tert-OH is 1. The van der Waals surface area contributed by atoms with Gasteiger partial charge in [0, 0.05) is 16.6 Å². The molecule has 2 atom stereocenters. The molecule has 1 aliphatic carbocycles. The van der Waals surface area contributed by atoms with Crippen LogP contribution in [-0.4, -0.2) is 26.7 Å². The maximum absolute atomic E-state index is 11.9. The normalized spacial score (nSPS) is 19.4. The molecule has 0 amide bonds. The Balaban J connectivity index is 2.03. The molecular weight excluding hydrogens is 332 g/mol. The van der Waals surface area contributed by atoms with E-state index in [2.05, 4.69) is 9.71 Å². The molecule has 0 heterocycles. The van der Waals surface area contributed by atoms with Gasteiger partial charge in [-0.2, -0.15) is 0 Å². The zero-order chi connectivity index (χ0) is 17.0. The first kappa shape index (κ1) is 18.7. The SMILES string of the molecule is CC(C)(C)[S@@+]([O-])/N=C/c1ccc(C(O)NC2CCCC2)c(Cl)c1. The van der Waals surface area contributed by atoms with Crippen molar-refractivity contribution in [2.75, 3.05) is 0 Å². The van der Waals surface area contributed by atoms with E-state index in [1.165, 1.54) is 12.8 Å². The Kier molecular flexibility index (Phi) is 6.51. The fourth-order valence-electron chi connectivity index (χ4n) is 2.52. The molecule has 0 saturated heterocycles. The molecule has 1 unspecified atom stereocenters. The van der Waals surface area contributed by atoms with Crippen molar-refractivity contribution in [3.8, 4) is 0 Å². The van der Waals surface area contributed by atoms with Crippen molar-refractivity contribution >= 4 is 29.2 Å². The standard InChI is InChI=1S/C17H25ClN2O2S/c1-17(2,3)23(22)19-11-12-8-9-14(15(18)10-12)16(21)20-13-6-4-5-7-13/h8-11,13,16,20-21H,4-7H2,1-3H3/b19-11+/t16?,23-/m1/s1. The van der Waals surface area contributed by atoms with Gasteiger partial charge in [-0.3, -0.25) is 5.32 Å². The van der Waals surface area contributed by atoms with E-state index in [1.54, 1.807) is 18.3 Å². The summed E-state index contributed by atoms with van der Waals surface area (Å²) in [5.74, 6) is 0. The second-order valence-electron chi connectivity index (χ2n) is 6.93. The van der Waals surface area contributed by atoms with E-state index in [1.807, 2.05) is 26.8 Å². The second kappa shape index (κ2) is 7.99. The molecule has 1 aromatic rings. The largest absolute Gasteiger partial charge is 0.591 e. The summed E-state index contributed by atoms with van der Waals surface area (Å²) in [6.07, 6.45) is 5.40. The van der Waals surface area contributed by atoms with Gasteiger partial charge in [-0.05, 0) is 45.2 Å². The van der Waals surface area contributed by atoms with Gasteiger partial charge in [-0.15, -0.1) is 0 Å². The molecule has 128 valence electrons. The lowest BCUT2D eigenvalue weighted by atomic mass is 10.1. The number of halogens is 1. The van der Waals surface area contributed by atoms with Crippen molar-refractivity contribution in [1.82, 2.24) is 5.32 Å². The van der Waals surface area contributed by atoms with Crippen LogP contribution >= 0.6 is 11.6 Å². The quantitative estimate of drug-likeness (QED) is 0.479. The van der Waals surface area contributed by atoms with Crippen molar-refractivity contribution in [2.45, 2.75) is 63.5 Å². The summed E-state index contributed by atoms with van der Waals surface area (Å²) in [5.41, 5.74) is 1.43. The third kappa shape index (κ3) is 5.47. The van der Waals surface area contributed by atoms with Crippen LogP contribution in [0.25, 0.3) is 0 Å². The maximum Gasteiger partial charge on any atom is 0.144 e. The zero-order valence-corrected chi connectivity index (χ0v) is 15.5. The highest BCUT2D eigenvalue weighted by atomic mass is 35.5. The van der Waals surface area contributed by atoms with Crippen LogP contribution in [0.4, 0.5) is 0 Å². The Hall–Kier alpha value is -0.590. The molecule has 4 nitrogen and oxygen atoms in total. The van der Waals surface area contributed by atoms with E-state index < -0.39 is 17.6 Å². The lowest BCUT2D eigenvalue weighted by Gasteiger charge is -2.19. The summed E-state index contributed by atoms with van der Waals surface area (Å²) in [6.45, 7) is 5.63. The van der Waals surface area contributed by atoms with Gasteiger partial charge in [0.25, 0.3) is 0 Å². The molecule has 0 radical (unpaired) electrons. The van der Waals surface area contributed by atoms with Gasteiger partial charge in [-0.25, -0.2) is 0 Å². The number of aliphatic hydroxyl groups is 1. The molecule has 0 aliphatic heterocycles. The Labute approximate surface area is 146 Å². The van der Waals surface area contributed by atoms with Crippen LogP contribution in [0.15, 0.2) is 22.6 Å². The molecule has 1 fully saturated rings. The van der Waals surface area contributed by atoms with E-state index in [0.29, 0.717) is 16.6 Å². The molecule has 23 heavy (non-hydrogen) atoms. The minimum Gasteiger partial charge on any atom is -0.591 e. The first-order valence-electron chi connectivity index (χ1n) is 7.97. The average Bonchev–Trinajstić information content (AvgIpc) is 2.96. The van der Waals surface area contributed by atoms with Gasteiger partial charge >= 0.3 is 0 Å². The van der Waals surface area contributed by atoms with Crippen molar-refractivity contribution in [3.63, 3.8) is 0 Å². The van der Waals surface area contributed by atoms with Crippen LogP contribution in [0.1, 0.15) is 63.8 Å². The van der Waals surface area contributed by atoms with Crippen LogP contribution in [0.2, 0.25) is 5.02 Å². The van der Waals surface area contributed by atoms with E-state index in [9.17, 15) is 9.66 Å². The Morgan fingerprint density at radius 1 is 1.39 bits per heavy atom. The summed E-state index contributed by atoms with van der Waals surface area (Å²) >= 11 is 4.98. The van der Waals surface area contributed by atoms with Crippen LogP contribution in [0.5, 0.6) is 0 Å². The first-order valence-corrected chi connectivity index (χ1v) is 9.45. The number of hydrogen-bond donors (Lipinski definition) is 2. The van der Waals surface area contributed by atoms with Gasteiger partial charge < -0.3 is 9.66 Å². The molecule has 1 saturated carbocycles. The summed E-state index contributed by atoms with van der Waals surface area (Å²) in [5, 5.41) is 14.0. The van der Waals surface area contributed by atoms with E-state index >= 15 is 0 Å². The summed E-state index contributed by atoms with van der Waals surface area (Å²) in [7, 11) is 0. The van der Waals surface area contributed by atoms with Crippen molar-refractivity contribution in [2.24, 2.45) is 4.40 Å². The van der Waals surface area contributed by atoms with E-state index in [4.69, 9.17) is 11.6 Å². The number of nitrogens with zero attached hydrogens (tertiary/aromatic N) is 1. The fourth-order valence-corrected chi connectivity index (χ4v) is 3.34. The summed E-state index contributed by atoms with van der Waals surface area (Å²) < 4.78 is 15.6. The number of benzene rings is 1. The summed E-state index contributed by atoms with van der Waals surface area (Å²) in [6, 6.07) is 5.71. The Morgan fingerprint density at radius 3 is 2.61 bits per heavy atom. The van der Waals surface area contributed by atoms with Gasteiger partial charge in [0.2, 0.25) is 0 Å². The molecule has 0 spiro atoms. The van der Waals surface area contributed by atoms with Gasteiger partial charge in [-0.1, -0.05) is 41.0 Å². The zero-order valence-electron chi connectivity index (χ0n) is 13.9. The van der Waals surface area contributed by atoms with Gasteiger partial charge in [0.05, 0.1) is 6.21 Å². The highest BCUT2D eigenvalue weighted by molar-refractivity contribution is 7.91. The molecule has 0 aromatic heterocycles. The second-order valence-corrected chi connectivity index (χ2v) is 9.27. The molecule has 0 bridgehead atoms. The van der Waals surface area contributed by atoms with E-state index in [-0.39, 0.29) is 4.75 Å². The van der Waals surface area contributed by atoms with Crippen molar-refractivity contribution < 1.29 is 9.66 Å². The number of rotatable bonds is 5. The predicted molar refractivity (Wildman–Crippen MR) is 97.3 cm³/mol.